The Bertz CT molecular complexity index is 1110. The molecule has 0 atom stereocenters. The number of carbonyl (C=O) groups excluding carboxylic acids is 2. The van der Waals surface area contributed by atoms with Crippen molar-refractivity contribution in [3.63, 3.8) is 0 Å². The predicted octanol–water partition coefficient (Wildman–Crippen LogP) is 4.74. The fourth-order valence-corrected chi connectivity index (χ4v) is 3.17. The molecular formula is C21H12BrNO5. The Labute approximate surface area is 168 Å². The van der Waals surface area contributed by atoms with Crippen LogP contribution in [0.25, 0.3) is 0 Å². The van der Waals surface area contributed by atoms with Crippen LogP contribution in [-0.4, -0.2) is 22.9 Å². The molecule has 3 aromatic rings. The van der Waals surface area contributed by atoms with E-state index in [1.165, 1.54) is 30.3 Å². The van der Waals surface area contributed by atoms with Crippen molar-refractivity contribution in [2.45, 2.75) is 0 Å². The molecule has 0 fully saturated rings. The summed E-state index contributed by atoms with van der Waals surface area (Å²) in [6, 6.07) is 17.5. The Morgan fingerprint density at radius 2 is 1.43 bits per heavy atom. The molecule has 28 heavy (non-hydrogen) atoms. The van der Waals surface area contributed by atoms with Crippen LogP contribution in [0.3, 0.4) is 0 Å². The highest BCUT2D eigenvalue weighted by Crippen LogP contribution is 2.32. The molecule has 3 aromatic carbocycles. The molecule has 1 N–H and O–H groups in total. The highest BCUT2D eigenvalue weighted by Gasteiger charge is 2.37. The van der Waals surface area contributed by atoms with Crippen LogP contribution in [0, 0.1) is 0 Å². The van der Waals surface area contributed by atoms with Crippen LogP contribution >= 0.6 is 15.9 Å². The van der Waals surface area contributed by atoms with Crippen molar-refractivity contribution in [1.82, 2.24) is 0 Å². The van der Waals surface area contributed by atoms with E-state index in [0.29, 0.717) is 17.2 Å². The number of imide groups is 1. The van der Waals surface area contributed by atoms with Crippen LogP contribution in [0.1, 0.15) is 31.1 Å². The molecule has 0 aromatic heterocycles. The second-order valence-corrected chi connectivity index (χ2v) is 6.98. The number of benzene rings is 3. The summed E-state index contributed by atoms with van der Waals surface area (Å²) in [4.78, 5) is 37.5. The largest absolute Gasteiger partial charge is 0.478 e. The summed E-state index contributed by atoms with van der Waals surface area (Å²) in [5.41, 5.74) is 0.898. The van der Waals surface area contributed by atoms with E-state index in [-0.39, 0.29) is 16.7 Å². The van der Waals surface area contributed by atoms with Crippen molar-refractivity contribution in [2.75, 3.05) is 4.90 Å². The normalized spacial score (nSPS) is 12.8. The molecular weight excluding hydrogens is 426 g/mol. The first kappa shape index (κ1) is 17.9. The van der Waals surface area contributed by atoms with E-state index in [0.717, 1.165) is 9.37 Å². The molecule has 0 spiro atoms. The highest BCUT2D eigenvalue weighted by molar-refractivity contribution is 9.10. The van der Waals surface area contributed by atoms with E-state index in [2.05, 4.69) is 15.9 Å². The summed E-state index contributed by atoms with van der Waals surface area (Å²) in [5, 5.41) is 8.99. The minimum atomic E-state index is -1.08. The fourth-order valence-electron chi connectivity index (χ4n) is 2.91. The first-order chi connectivity index (χ1) is 13.4. The van der Waals surface area contributed by atoms with Crippen molar-refractivity contribution >= 4 is 39.4 Å². The number of amides is 2. The Hall–Kier alpha value is -3.45. The van der Waals surface area contributed by atoms with Gasteiger partial charge in [-0.05, 0) is 66.7 Å². The summed E-state index contributed by atoms with van der Waals surface area (Å²) >= 11 is 3.35. The Morgan fingerprint density at radius 3 is 2.07 bits per heavy atom. The number of carboxylic acids is 1. The summed E-state index contributed by atoms with van der Waals surface area (Å²) in [5.74, 6) is -0.988. The smallest absolute Gasteiger partial charge is 0.335 e. The molecule has 1 aliphatic heterocycles. The average molecular weight is 438 g/mol. The van der Waals surface area contributed by atoms with Gasteiger partial charge in [-0.3, -0.25) is 9.59 Å². The van der Waals surface area contributed by atoms with Crippen LogP contribution in [0.4, 0.5) is 5.69 Å². The van der Waals surface area contributed by atoms with Crippen molar-refractivity contribution in [2.24, 2.45) is 0 Å². The van der Waals surface area contributed by atoms with Gasteiger partial charge in [0, 0.05) is 4.47 Å². The molecule has 0 saturated carbocycles. The van der Waals surface area contributed by atoms with Gasteiger partial charge in [0.1, 0.15) is 11.5 Å². The monoisotopic (exact) mass is 437 g/mol. The van der Waals surface area contributed by atoms with Gasteiger partial charge in [0.15, 0.2) is 0 Å². The molecule has 4 rings (SSSR count). The van der Waals surface area contributed by atoms with E-state index in [1.54, 1.807) is 24.3 Å². The molecule has 1 aliphatic rings. The quantitative estimate of drug-likeness (QED) is 0.595. The molecule has 0 unspecified atom stereocenters. The Balaban J connectivity index is 1.63. The number of hydrogen-bond donors (Lipinski definition) is 1. The van der Waals surface area contributed by atoms with Gasteiger partial charge in [-0.2, -0.15) is 0 Å². The molecule has 138 valence electrons. The van der Waals surface area contributed by atoms with E-state index >= 15 is 0 Å². The number of hydrogen-bond acceptors (Lipinski definition) is 4. The average Bonchev–Trinajstić information content (AvgIpc) is 2.94. The van der Waals surface area contributed by atoms with E-state index < -0.39 is 17.8 Å². The lowest BCUT2D eigenvalue weighted by Crippen LogP contribution is -2.29. The second kappa shape index (κ2) is 6.94. The van der Waals surface area contributed by atoms with Gasteiger partial charge in [0.25, 0.3) is 11.8 Å². The number of halogens is 1. The number of rotatable bonds is 4. The number of aromatic carboxylic acids is 1. The number of carbonyl (C=O) groups is 3. The zero-order valence-corrected chi connectivity index (χ0v) is 15.8. The van der Waals surface area contributed by atoms with Gasteiger partial charge < -0.3 is 9.84 Å². The first-order valence-corrected chi connectivity index (χ1v) is 9.03. The number of nitrogens with zero attached hydrogens (tertiary/aromatic N) is 1. The molecule has 7 heteroatoms. The number of fused-ring (bicyclic) bond motifs is 1. The molecule has 0 saturated heterocycles. The van der Waals surface area contributed by atoms with Crippen molar-refractivity contribution < 1.29 is 24.2 Å². The van der Waals surface area contributed by atoms with Gasteiger partial charge in [-0.1, -0.05) is 15.9 Å². The van der Waals surface area contributed by atoms with Gasteiger partial charge in [-0.25, -0.2) is 9.69 Å². The van der Waals surface area contributed by atoms with Crippen molar-refractivity contribution in [3.8, 4) is 11.5 Å². The van der Waals surface area contributed by atoms with Gasteiger partial charge in [-0.15, -0.1) is 0 Å². The van der Waals surface area contributed by atoms with Gasteiger partial charge >= 0.3 is 5.97 Å². The van der Waals surface area contributed by atoms with E-state index in [4.69, 9.17) is 9.84 Å². The summed E-state index contributed by atoms with van der Waals surface area (Å²) in [6.45, 7) is 0. The van der Waals surface area contributed by atoms with Gasteiger partial charge in [0.2, 0.25) is 0 Å². The SMILES string of the molecule is O=C(O)c1ccc(N2C(=O)c3ccc(Oc4ccc(Br)cc4)cc3C2=O)cc1. The topological polar surface area (TPSA) is 83.9 Å². The standard InChI is InChI=1S/C21H12BrNO5/c22-13-3-7-15(8-4-13)28-16-9-10-17-18(11-16)20(25)23(19(17)24)14-5-1-12(2-6-14)21(26)27/h1-11H,(H,26,27). The summed E-state index contributed by atoms with van der Waals surface area (Å²) in [7, 11) is 0. The molecule has 2 amide bonds. The van der Waals surface area contributed by atoms with Crippen molar-refractivity contribution in [1.29, 1.82) is 0 Å². The second-order valence-electron chi connectivity index (χ2n) is 6.06. The third kappa shape index (κ3) is 3.16. The van der Waals surface area contributed by atoms with Crippen LogP contribution in [0.2, 0.25) is 0 Å². The Morgan fingerprint density at radius 1 is 0.821 bits per heavy atom. The number of ether oxygens (including phenoxy) is 1. The highest BCUT2D eigenvalue weighted by atomic mass is 79.9. The molecule has 0 aliphatic carbocycles. The number of carboxylic acid groups (broad SMARTS) is 1. The van der Waals surface area contributed by atoms with Crippen LogP contribution in [0.5, 0.6) is 11.5 Å². The maximum atomic E-state index is 12.8. The van der Waals surface area contributed by atoms with E-state index in [1.807, 2.05) is 12.1 Å². The Kier molecular flexibility index (Phi) is 4.44. The molecule has 0 radical (unpaired) electrons. The third-order valence-electron chi connectivity index (χ3n) is 4.28. The van der Waals surface area contributed by atoms with Crippen LogP contribution in [-0.2, 0) is 0 Å². The van der Waals surface area contributed by atoms with E-state index in [9.17, 15) is 14.4 Å². The zero-order chi connectivity index (χ0) is 19.8. The minimum absolute atomic E-state index is 0.0746. The summed E-state index contributed by atoms with van der Waals surface area (Å²) < 4.78 is 6.67. The van der Waals surface area contributed by atoms with Crippen LogP contribution < -0.4 is 9.64 Å². The third-order valence-corrected chi connectivity index (χ3v) is 4.81. The lowest BCUT2D eigenvalue weighted by atomic mass is 10.1. The molecule has 1 heterocycles. The van der Waals surface area contributed by atoms with Crippen molar-refractivity contribution in [3.05, 3.63) is 87.9 Å². The lowest BCUT2D eigenvalue weighted by molar-refractivity contribution is 0.0696. The number of anilines is 1. The minimum Gasteiger partial charge on any atom is -0.478 e. The molecule has 6 nitrogen and oxygen atoms in total. The van der Waals surface area contributed by atoms with Crippen LogP contribution in [0.15, 0.2) is 71.2 Å². The zero-order valence-electron chi connectivity index (χ0n) is 14.3. The lowest BCUT2D eigenvalue weighted by Gasteiger charge is -2.13. The summed E-state index contributed by atoms with van der Waals surface area (Å²) in [6.07, 6.45) is 0. The maximum Gasteiger partial charge on any atom is 0.335 e. The fraction of sp³-hybridized carbons (Fsp3) is 0. The van der Waals surface area contributed by atoms with Gasteiger partial charge in [0.05, 0.1) is 22.4 Å². The maximum absolute atomic E-state index is 12.8. The first-order valence-electron chi connectivity index (χ1n) is 8.23. The molecule has 0 bridgehead atoms. The predicted molar refractivity (Wildman–Crippen MR) is 105 cm³/mol.